The Kier molecular flexibility index (Phi) is 5.62. The third kappa shape index (κ3) is 4.34. The standard InChI is InChI=1S/C16H7F5N2O6/c17-8-2-3-9(22-15(27)16(19,20)21)12(18)11(8)13(24)6-1-4-10(23(28)29)7(5-6)14(25)26/h1-5H,(H,22,27)(H,25,26). The van der Waals surface area contributed by atoms with Crippen LogP contribution in [0.15, 0.2) is 30.3 Å². The Bertz CT molecular complexity index is 1050. The smallest absolute Gasteiger partial charge is 0.471 e. The number of anilines is 1. The number of alkyl halides is 3. The second-order valence-electron chi connectivity index (χ2n) is 5.36. The first kappa shape index (κ1) is 21.4. The average molecular weight is 418 g/mol. The fraction of sp³-hybridized carbons (Fsp3) is 0.0625. The zero-order chi connectivity index (χ0) is 22.1. The summed E-state index contributed by atoms with van der Waals surface area (Å²) in [7, 11) is 0. The fourth-order valence-corrected chi connectivity index (χ4v) is 2.20. The van der Waals surface area contributed by atoms with Crippen molar-refractivity contribution < 1.29 is 46.4 Å². The third-order valence-corrected chi connectivity index (χ3v) is 3.51. The summed E-state index contributed by atoms with van der Waals surface area (Å²) >= 11 is 0. The highest BCUT2D eigenvalue weighted by molar-refractivity contribution is 6.11. The number of carbonyl (C=O) groups excluding carboxylic acids is 2. The summed E-state index contributed by atoms with van der Waals surface area (Å²) in [4.78, 5) is 44.2. The second-order valence-corrected chi connectivity index (χ2v) is 5.36. The molecule has 8 nitrogen and oxygen atoms in total. The summed E-state index contributed by atoms with van der Waals surface area (Å²) in [6.45, 7) is 0. The molecule has 0 aromatic heterocycles. The van der Waals surface area contributed by atoms with Gasteiger partial charge < -0.3 is 10.4 Å². The van der Waals surface area contributed by atoms with Crippen LogP contribution in [-0.4, -0.2) is 33.9 Å². The molecule has 2 N–H and O–H groups in total. The van der Waals surface area contributed by atoms with Crippen LogP contribution in [-0.2, 0) is 4.79 Å². The van der Waals surface area contributed by atoms with Gasteiger partial charge in [0.25, 0.3) is 5.69 Å². The van der Waals surface area contributed by atoms with Crippen LogP contribution in [0.4, 0.5) is 33.3 Å². The number of carboxylic acid groups (broad SMARTS) is 1. The molecule has 152 valence electrons. The van der Waals surface area contributed by atoms with Gasteiger partial charge in [-0.25, -0.2) is 13.6 Å². The van der Waals surface area contributed by atoms with E-state index in [2.05, 4.69) is 0 Å². The van der Waals surface area contributed by atoms with Gasteiger partial charge in [0.1, 0.15) is 11.4 Å². The molecule has 0 spiro atoms. The minimum absolute atomic E-state index is 0.409. The zero-order valence-electron chi connectivity index (χ0n) is 13.7. The van der Waals surface area contributed by atoms with Gasteiger partial charge in [0, 0.05) is 11.6 Å². The van der Waals surface area contributed by atoms with Crippen molar-refractivity contribution in [2.24, 2.45) is 0 Å². The number of carboxylic acids is 1. The Hall–Kier alpha value is -3.90. The highest BCUT2D eigenvalue weighted by atomic mass is 19.4. The number of halogens is 5. The molecule has 0 saturated carbocycles. The Morgan fingerprint density at radius 3 is 2.21 bits per heavy atom. The lowest BCUT2D eigenvalue weighted by Crippen LogP contribution is -2.30. The lowest BCUT2D eigenvalue weighted by molar-refractivity contribution is -0.385. The quantitative estimate of drug-likeness (QED) is 0.332. The number of aromatic carboxylic acids is 1. The minimum Gasteiger partial charge on any atom is -0.477 e. The SMILES string of the molecule is O=C(O)c1cc(C(=O)c2c(F)ccc(NC(=O)C(F)(F)F)c2F)ccc1[N+](=O)[O-]. The van der Waals surface area contributed by atoms with Gasteiger partial charge in [0.15, 0.2) is 11.6 Å². The number of amides is 1. The van der Waals surface area contributed by atoms with Crippen LogP contribution in [0.1, 0.15) is 26.3 Å². The van der Waals surface area contributed by atoms with E-state index >= 15 is 0 Å². The van der Waals surface area contributed by atoms with Crippen molar-refractivity contribution in [1.82, 2.24) is 0 Å². The Morgan fingerprint density at radius 1 is 1.07 bits per heavy atom. The molecule has 0 aliphatic carbocycles. The maximum atomic E-state index is 14.4. The highest BCUT2D eigenvalue weighted by Gasteiger charge is 2.39. The number of nitrogens with one attached hydrogen (secondary N) is 1. The summed E-state index contributed by atoms with van der Waals surface area (Å²) in [5, 5.41) is 21.0. The number of nitrogens with zero attached hydrogens (tertiary/aromatic N) is 1. The van der Waals surface area contributed by atoms with E-state index in [1.807, 2.05) is 0 Å². The molecular formula is C16H7F5N2O6. The van der Waals surface area contributed by atoms with E-state index in [0.717, 1.165) is 5.32 Å². The average Bonchev–Trinajstić information content (AvgIpc) is 2.62. The van der Waals surface area contributed by atoms with Crippen molar-refractivity contribution in [1.29, 1.82) is 0 Å². The molecule has 2 rings (SSSR count). The van der Waals surface area contributed by atoms with Crippen LogP contribution >= 0.6 is 0 Å². The molecule has 0 saturated heterocycles. The molecule has 0 heterocycles. The summed E-state index contributed by atoms with van der Waals surface area (Å²) in [5.74, 6) is -9.26. The first-order valence-electron chi connectivity index (χ1n) is 7.27. The Balaban J connectivity index is 2.55. The molecule has 0 fully saturated rings. The van der Waals surface area contributed by atoms with Crippen LogP contribution in [0.25, 0.3) is 0 Å². The third-order valence-electron chi connectivity index (χ3n) is 3.51. The maximum absolute atomic E-state index is 14.4. The number of carbonyl (C=O) groups is 3. The summed E-state index contributed by atoms with van der Waals surface area (Å²) < 4.78 is 65.3. The molecule has 2 aromatic carbocycles. The van der Waals surface area contributed by atoms with E-state index in [0.29, 0.717) is 30.3 Å². The van der Waals surface area contributed by atoms with Crippen LogP contribution in [0, 0.1) is 21.7 Å². The van der Waals surface area contributed by atoms with Crippen molar-refractivity contribution in [2.75, 3.05) is 5.32 Å². The van der Waals surface area contributed by atoms with Gasteiger partial charge in [0.2, 0.25) is 0 Å². The van der Waals surface area contributed by atoms with Crippen LogP contribution in [0.5, 0.6) is 0 Å². The van der Waals surface area contributed by atoms with E-state index < -0.39 is 68.5 Å². The van der Waals surface area contributed by atoms with Crippen molar-refractivity contribution in [3.63, 3.8) is 0 Å². The van der Waals surface area contributed by atoms with Gasteiger partial charge in [0.05, 0.1) is 16.2 Å². The molecule has 0 bridgehead atoms. The largest absolute Gasteiger partial charge is 0.477 e. The van der Waals surface area contributed by atoms with Crippen molar-refractivity contribution in [2.45, 2.75) is 6.18 Å². The van der Waals surface area contributed by atoms with Crippen LogP contribution in [0.2, 0.25) is 0 Å². The first-order chi connectivity index (χ1) is 13.3. The van der Waals surface area contributed by atoms with Gasteiger partial charge >= 0.3 is 18.1 Å². The van der Waals surface area contributed by atoms with Gasteiger partial charge in [-0.1, -0.05) is 0 Å². The number of benzene rings is 2. The number of hydrogen-bond acceptors (Lipinski definition) is 5. The monoisotopic (exact) mass is 418 g/mol. The van der Waals surface area contributed by atoms with Crippen LogP contribution < -0.4 is 5.32 Å². The van der Waals surface area contributed by atoms with Gasteiger partial charge in [-0.15, -0.1) is 0 Å². The molecule has 1 amide bonds. The number of nitro benzene ring substituents is 1. The fourth-order valence-electron chi connectivity index (χ4n) is 2.20. The zero-order valence-corrected chi connectivity index (χ0v) is 13.7. The van der Waals surface area contributed by atoms with E-state index in [1.165, 1.54) is 0 Å². The molecule has 0 atom stereocenters. The molecule has 2 aromatic rings. The van der Waals surface area contributed by atoms with Crippen molar-refractivity contribution in [3.05, 3.63) is 68.8 Å². The normalized spacial score (nSPS) is 11.1. The first-order valence-corrected chi connectivity index (χ1v) is 7.27. The topological polar surface area (TPSA) is 127 Å². The van der Waals surface area contributed by atoms with Gasteiger partial charge in [-0.05, 0) is 24.3 Å². The molecular weight excluding hydrogens is 411 g/mol. The Labute approximate surface area is 156 Å². The maximum Gasteiger partial charge on any atom is 0.471 e. The molecule has 0 radical (unpaired) electrons. The molecule has 0 unspecified atom stereocenters. The molecule has 0 aliphatic rings. The Morgan fingerprint density at radius 2 is 1.69 bits per heavy atom. The van der Waals surface area contributed by atoms with E-state index in [-0.39, 0.29) is 0 Å². The summed E-state index contributed by atoms with van der Waals surface area (Å²) in [6, 6.07) is 2.67. The van der Waals surface area contributed by atoms with E-state index in [9.17, 15) is 46.5 Å². The predicted octanol–water partition coefficient (Wildman–Crippen LogP) is 3.30. The lowest BCUT2D eigenvalue weighted by Gasteiger charge is -2.12. The van der Waals surface area contributed by atoms with Crippen molar-refractivity contribution >= 4 is 29.0 Å². The molecule has 13 heteroatoms. The number of rotatable bonds is 5. The number of nitro groups is 1. The van der Waals surface area contributed by atoms with Gasteiger partial charge in [-0.2, -0.15) is 13.2 Å². The summed E-state index contributed by atoms with van der Waals surface area (Å²) in [5.41, 5.74) is -5.10. The molecule has 0 aliphatic heterocycles. The van der Waals surface area contributed by atoms with Crippen molar-refractivity contribution in [3.8, 4) is 0 Å². The summed E-state index contributed by atoms with van der Waals surface area (Å²) in [6.07, 6.45) is -5.39. The number of ketones is 1. The number of hydrogen-bond donors (Lipinski definition) is 2. The lowest BCUT2D eigenvalue weighted by atomic mass is 9.99. The predicted molar refractivity (Wildman–Crippen MR) is 84.5 cm³/mol. The van der Waals surface area contributed by atoms with Crippen LogP contribution in [0.3, 0.4) is 0 Å². The minimum atomic E-state index is -5.39. The van der Waals surface area contributed by atoms with E-state index in [4.69, 9.17) is 5.11 Å². The molecule has 29 heavy (non-hydrogen) atoms. The van der Waals surface area contributed by atoms with Gasteiger partial charge in [-0.3, -0.25) is 19.7 Å². The highest BCUT2D eigenvalue weighted by Crippen LogP contribution is 2.28. The van der Waals surface area contributed by atoms with E-state index in [1.54, 1.807) is 0 Å². The second kappa shape index (κ2) is 7.61.